The van der Waals surface area contributed by atoms with Crippen LogP contribution in [0.1, 0.15) is 7.43 Å². The first kappa shape index (κ1) is 21.5. The van der Waals surface area contributed by atoms with Gasteiger partial charge in [0, 0.05) is 0 Å². The van der Waals surface area contributed by atoms with Crippen molar-refractivity contribution >= 4 is 80.9 Å². The summed E-state index contributed by atoms with van der Waals surface area (Å²) in [6, 6.07) is 0. The molecule has 2 aromatic rings. The van der Waals surface area contributed by atoms with Crippen molar-refractivity contribution in [2.75, 3.05) is 12.5 Å². The third kappa shape index (κ3) is 7.51. The SMILES string of the molecule is C.CSc1ncc(Cl)c(Cl)n1.CSc1ncc(Cl)c(I)n1. The molecule has 10 heteroatoms. The number of nitrogens with zero attached hydrogens (tertiary/aromatic N) is 4. The molecule has 0 unspecified atom stereocenters. The van der Waals surface area contributed by atoms with Gasteiger partial charge in [0.2, 0.25) is 0 Å². The van der Waals surface area contributed by atoms with Gasteiger partial charge in [-0.1, -0.05) is 65.8 Å². The van der Waals surface area contributed by atoms with Gasteiger partial charge in [0.15, 0.2) is 15.5 Å². The minimum Gasteiger partial charge on any atom is -0.230 e. The van der Waals surface area contributed by atoms with Crippen molar-refractivity contribution in [3.8, 4) is 0 Å². The second-order valence-corrected chi connectivity index (χ2v) is 6.73. The number of halogens is 4. The van der Waals surface area contributed by atoms with Gasteiger partial charge in [-0.05, 0) is 35.1 Å². The summed E-state index contributed by atoms with van der Waals surface area (Å²) >= 11 is 21.9. The lowest BCUT2D eigenvalue weighted by atomic mass is 10.7. The van der Waals surface area contributed by atoms with E-state index in [1.807, 2.05) is 12.5 Å². The Morgan fingerprint density at radius 2 is 1.38 bits per heavy atom. The van der Waals surface area contributed by atoms with Crippen LogP contribution in [0.3, 0.4) is 0 Å². The summed E-state index contributed by atoms with van der Waals surface area (Å²) in [5, 5.41) is 2.70. The van der Waals surface area contributed by atoms with Crippen LogP contribution < -0.4 is 0 Å². The molecule has 0 N–H and O–H groups in total. The first-order valence-corrected chi connectivity index (χ1v) is 9.58. The van der Waals surface area contributed by atoms with Crippen LogP contribution in [0.15, 0.2) is 22.7 Å². The highest BCUT2D eigenvalue weighted by atomic mass is 127. The van der Waals surface area contributed by atoms with Crippen LogP contribution in [0.4, 0.5) is 0 Å². The average molecular weight is 498 g/mol. The molecule has 2 rings (SSSR count). The van der Waals surface area contributed by atoms with Crippen LogP contribution in [0.25, 0.3) is 0 Å². The Morgan fingerprint density at radius 1 is 0.905 bits per heavy atom. The molecule has 0 radical (unpaired) electrons. The van der Waals surface area contributed by atoms with E-state index in [0.29, 0.717) is 20.4 Å². The van der Waals surface area contributed by atoms with E-state index in [0.717, 1.165) is 8.86 Å². The van der Waals surface area contributed by atoms with E-state index in [1.54, 1.807) is 6.20 Å². The Balaban J connectivity index is 0.000000364. The Kier molecular flexibility index (Phi) is 11.3. The van der Waals surface area contributed by atoms with Crippen LogP contribution in [0, 0.1) is 3.70 Å². The van der Waals surface area contributed by atoms with Crippen LogP contribution in [0.2, 0.25) is 15.2 Å². The van der Waals surface area contributed by atoms with Crippen LogP contribution in [-0.4, -0.2) is 32.4 Å². The van der Waals surface area contributed by atoms with Gasteiger partial charge >= 0.3 is 0 Å². The normalized spacial score (nSPS) is 9.43. The van der Waals surface area contributed by atoms with Gasteiger partial charge in [-0.25, -0.2) is 19.9 Å². The molecule has 0 atom stereocenters. The Labute approximate surface area is 161 Å². The Morgan fingerprint density at radius 3 is 1.81 bits per heavy atom. The maximum atomic E-state index is 5.70. The predicted molar refractivity (Wildman–Crippen MR) is 102 cm³/mol. The number of thioether (sulfide) groups is 2. The molecule has 21 heavy (non-hydrogen) atoms. The smallest absolute Gasteiger partial charge is 0.188 e. The van der Waals surface area contributed by atoms with E-state index in [9.17, 15) is 0 Å². The Hall–Kier alpha value is 0.460. The van der Waals surface area contributed by atoms with Gasteiger partial charge < -0.3 is 0 Å². The molecular formula is C11H12Cl3IN4S2. The zero-order valence-electron chi connectivity index (χ0n) is 10.3. The molecule has 0 saturated carbocycles. The summed E-state index contributed by atoms with van der Waals surface area (Å²) in [5.41, 5.74) is 0. The lowest BCUT2D eigenvalue weighted by Crippen LogP contribution is -1.88. The van der Waals surface area contributed by atoms with Gasteiger partial charge in [-0.2, -0.15) is 0 Å². The zero-order valence-corrected chi connectivity index (χ0v) is 16.3. The van der Waals surface area contributed by atoms with Crippen molar-refractivity contribution in [1.29, 1.82) is 0 Å². The number of hydrogen-bond donors (Lipinski definition) is 0. The summed E-state index contributed by atoms with van der Waals surface area (Å²) < 4.78 is 0.804. The van der Waals surface area contributed by atoms with E-state index in [4.69, 9.17) is 34.8 Å². The largest absolute Gasteiger partial charge is 0.230 e. The summed E-state index contributed by atoms with van der Waals surface area (Å²) in [7, 11) is 0. The average Bonchev–Trinajstić information content (AvgIpc) is 2.45. The molecule has 0 bridgehead atoms. The van der Waals surface area contributed by atoms with Crippen molar-refractivity contribution in [3.05, 3.63) is 31.3 Å². The Bertz CT molecular complexity index is 538. The zero-order chi connectivity index (χ0) is 15.1. The lowest BCUT2D eigenvalue weighted by Gasteiger charge is -1.95. The molecule has 2 aromatic heterocycles. The first-order valence-electron chi connectivity index (χ1n) is 4.92. The van der Waals surface area contributed by atoms with E-state index < -0.39 is 0 Å². The topological polar surface area (TPSA) is 51.6 Å². The van der Waals surface area contributed by atoms with Crippen LogP contribution >= 0.6 is 80.9 Å². The summed E-state index contributed by atoms with van der Waals surface area (Å²) in [5.74, 6) is 0. The van der Waals surface area contributed by atoms with Crippen molar-refractivity contribution in [2.24, 2.45) is 0 Å². The van der Waals surface area contributed by atoms with Gasteiger partial charge in [0.05, 0.1) is 22.4 Å². The highest BCUT2D eigenvalue weighted by molar-refractivity contribution is 14.1. The molecule has 0 aliphatic rings. The first-order chi connectivity index (χ1) is 9.47. The highest BCUT2D eigenvalue weighted by Gasteiger charge is 2.00. The number of rotatable bonds is 2. The van der Waals surface area contributed by atoms with Crippen molar-refractivity contribution < 1.29 is 0 Å². The second-order valence-electron chi connectivity index (χ2n) is 2.99. The van der Waals surface area contributed by atoms with Crippen molar-refractivity contribution in [3.63, 3.8) is 0 Å². The van der Waals surface area contributed by atoms with Gasteiger partial charge in [-0.3, -0.25) is 0 Å². The molecule has 0 saturated heterocycles. The minimum absolute atomic E-state index is 0. The van der Waals surface area contributed by atoms with E-state index in [-0.39, 0.29) is 7.43 Å². The minimum atomic E-state index is 0. The van der Waals surface area contributed by atoms with Crippen molar-refractivity contribution in [2.45, 2.75) is 17.7 Å². The molecule has 4 nitrogen and oxygen atoms in total. The number of hydrogen-bond acceptors (Lipinski definition) is 6. The molecule has 0 aliphatic carbocycles. The molecule has 0 aromatic carbocycles. The molecule has 0 fully saturated rings. The monoisotopic (exact) mass is 496 g/mol. The van der Waals surface area contributed by atoms with Crippen molar-refractivity contribution in [1.82, 2.24) is 19.9 Å². The summed E-state index contributed by atoms with van der Waals surface area (Å²) in [4.78, 5) is 15.8. The van der Waals surface area contributed by atoms with Crippen LogP contribution in [-0.2, 0) is 0 Å². The third-order valence-electron chi connectivity index (χ3n) is 1.72. The molecule has 0 spiro atoms. The lowest BCUT2D eigenvalue weighted by molar-refractivity contribution is 0.950. The summed E-state index contributed by atoms with van der Waals surface area (Å²) in [6.45, 7) is 0. The van der Waals surface area contributed by atoms with Gasteiger partial charge in [-0.15, -0.1) is 0 Å². The fraction of sp³-hybridized carbons (Fsp3) is 0.273. The van der Waals surface area contributed by atoms with Gasteiger partial charge in [0.25, 0.3) is 0 Å². The predicted octanol–water partition coefficient (Wildman–Crippen LogP) is 5.60. The highest BCUT2D eigenvalue weighted by Crippen LogP contribution is 2.20. The maximum absolute atomic E-state index is 5.70. The van der Waals surface area contributed by atoms with E-state index >= 15 is 0 Å². The maximum Gasteiger partial charge on any atom is 0.188 e. The molecule has 0 aliphatic heterocycles. The molecular weight excluding hydrogens is 486 g/mol. The standard InChI is InChI=1S/C5H4Cl2N2S.C5H4ClIN2S.CH4/c2*1-10-5-8-2-3(6)4(7)9-5;/h2*2H,1H3;1H4. The van der Waals surface area contributed by atoms with Crippen LogP contribution in [0.5, 0.6) is 0 Å². The molecule has 2 heterocycles. The van der Waals surface area contributed by atoms with Gasteiger partial charge in [0.1, 0.15) is 3.70 Å². The fourth-order valence-corrected chi connectivity index (χ4v) is 2.43. The summed E-state index contributed by atoms with van der Waals surface area (Å²) in [6.07, 6.45) is 6.91. The second kappa shape index (κ2) is 11.1. The molecule has 116 valence electrons. The third-order valence-corrected chi connectivity index (χ3v) is 4.93. The quantitative estimate of drug-likeness (QED) is 0.233. The fourth-order valence-electron chi connectivity index (χ4n) is 0.859. The number of aromatic nitrogens is 4. The molecule has 0 amide bonds. The van der Waals surface area contributed by atoms with E-state index in [2.05, 4.69) is 42.5 Å². The van der Waals surface area contributed by atoms with E-state index in [1.165, 1.54) is 29.7 Å².